The van der Waals surface area contributed by atoms with Crippen LogP contribution in [0.2, 0.25) is 0 Å². The van der Waals surface area contributed by atoms with Gasteiger partial charge in [0.15, 0.2) is 0 Å². The molecule has 5 heteroatoms. The fourth-order valence-electron chi connectivity index (χ4n) is 0.202. The molecule has 0 N–H and O–H groups in total. The molecule has 0 saturated heterocycles. The van der Waals surface area contributed by atoms with Crippen LogP contribution in [0, 0.1) is 0 Å². The Morgan fingerprint density at radius 2 is 1.40 bits per heavy atom. The van der Waals surface area contributed by atoms with Gasteiger partial charge < -0.3 is 9.47 Å². The normalized spacial score (nSPS) is 8.20. The number of carbonyl (C=O) groups excluding carboxylic acids is 1. The number of rotatable bonds is 2. The molecule has 0 spiro atoms. The predicted octanol–water partition coefficient (Wildman–Crippen LogP) is 2.02. The lowest BCUT2D eigenvalue weighted by molar-refractivity contribution is 0.0692. The van der Waals surface area contributed by atoms with Crippen molar-refractivity contribution in [3.8, 4) is 0 Å². The van der Waals surface area contributed by atoms with Crippen molar-refractivity contribution in [1.82, 2.24) is 0 Å². The maximum Gasteiger partial charge on any atom is 0.523 e. The molecule has 0 heterocycles. The fraction of sp³-hybridized carbons (Fsp3) is 0. The highest BCUT2D eigenvalue weighted by Crippen LogP contribution is 2.01. The van der Waals surface area contributed by atoms with Gasteiger partial charge in [-0.05, 0) is 13.2 Å². The lowest BCUT2D eigenvalue weighted by Gasteiger charge is -1.97. The van der Waals surface area contributed by atoms with E-state index in [1.807, 2.05) is 0 Å². The third-order valence-corrected chi connectivity index (χ3v) is 0.388. The number of carbonyl (C=O) groups is 1. The minimum atomic E-state index is -1.54. The molecular formula is C5H4F2O3. The molecule has 0 amide bonds. The first-order valence-electron chi connectivity index (χ1n) is 2.11. The van der Waals surface area contributed by atoms with E-state index in [-0.39, 0.29) is 0 Å². The first-order valence-corrected chi connectivity index (χ1v) is 2.11. The Hall–Kier alpha value is -1.39. The van der Waals surface area contributed by atoms with Crippen molar-refractivity contribution in [3.05, 3.63) is 25.2 Å². The van der Waals surface area contributed by atoms with Crippen LogP contribution in [0.15, 0.2) is 25.2 Å². The zero-order chi connectivity index (χ0) is 8.15. The summed E-state index contributed by atoms with van der Waals surface area (Å²) in [6.07, 6.45) is -1.54. The average Bonchev–Trinajstić information content (AvgIpc) is 1.58. The smallest absolute Gasteiger partial charge is 0.367 e. The van der Waals surface area contributed by atoms with Crippen molar-refractivity contribution in [2.24, 2.45) is 0 Å². The Kier molecular flexibility index (Phi) is 3.10. The van der Waals surface area contributed by atoms with Gasteiger partial charge in [0, 0.05) is 0 Å². The lowest BCUT2D eigenvalue weighted by Crippen LogP contribution is -2.02. The lowest BCUT2D eigenvalue weighted by atomic mass is 11.0. The van der Waals surface area contributed by atoms with Gasteiger partial charge in [0.1, 0.15) is 0 Å². The van der Waals surface area contributed by atoms with Crippen molar-refractivity contribution in [1.29, 1.82) is 0 Å². The van der Waals surface area contributed by atoms with E-state index >= 15 is 0 Å². The summed E-state index contributed by atoms with van der Waals surface area (Å²) in [6.45, 7) is 5.12. The molecule has 56 valence electrons. The van der Waals surface area contributed by atoms with E-state index in [1.54, 1.807) is 0 Å². The number of hydrogen-bond acceptors (Lipinski definition) is 3. The summed E-state index contributed by atoms with van der Waals surface area (Å²) in [6, 6.07) is -2.74. The van der Waals surface area contributed by atoms with Crippen LogP contribution in [0.1, 0.15) is 0 Å². The minimum Gasteiger partial charge on any atom is -0.367 e. The highest BCUT2D eigenvalue weighted by atomic mass is 19.1. The zero-order valence-electron chi connectivity index (χ0n) is 4.89. The van der Waals surface area contributed by atoms with E-state index in [0.717, 1.165) is 0 Å². The van der Waals surface area contributed by atoms with Crippen LogP contribution in [-0.4, -0.2) is 6.16 Å². The van der Waals surface area contributed by atoms with Gasteiger partial charge in [0.2, 0.25) is 0 Å². The van der Waals surface area contributed by atoms with Crippen molar-refractivity contribution in [3.63, 3.8) is 0 Å². The highest BCUT2D eigenvalue weighted by Gasteiger charge is 2.07. The molecule has 0 aliphatic carbocycles. The molecule has 0 unspecified atom stereocenters. The number of halogens is 2. The number of hydrogen-bond donors (Lipinski definition) is 0. The van der Waals surface area contributed by atoms with E-state index in [1.165, 1.54) is 0 Å². The fourth-order valence-corrected chi connectivity index (χ4v) is 0.202. The molecule has 3 nitrogen and oxygen atoms in total. The van der Waals surface area contributed by atoms with Crippen molar-refractivity contribution in [2.75, 3.05) is 0 Å². The van der Waals surface area contributed by atoms with Gasteiger partial charge in [-0.2, -0.15) is 8.78 Å². The molecule has 0 atom stereocenters. The van der Waals surface area contributed by atoms with Crippen LogP contribution in [0.3, 0.4) is 0 Å². The molecule has 0 radical (unpaired) electrons. The Morgan fingerprint density at radius 3 is 1.60 bits per heavy atom. The third kappa shape index (κ3) is 4.76. The maximum absolute atomic E-state index is 11.5. The second kappa shape index (κ2) is 3.60. The summed E-state index contributed by atoms with van der Waals surface area (Å²) in [5, 5.41) is 0. The maximum atomic E-state index is 11.5. The molecular weight excluding hydrogens is 146 g/mol. The van der Waals surface area contributed by atoms with Crippen molar-refractivity contribution < 1.29 is 23.0 Å². The molecule has 0 aromatic heterocycles. The van der Waals surface area contributed by atoms with Gasteiger partial charge in [-0.3, -0.25) is 0 Å². The summed E-state index contributed by atoms with van der Waals surface area (Å²) in [5.74, 6) is 0. The molecule has 0 aromatic carbocycles. The van der Waals surface area contributed by atoms with E-state index in [0.29, 0.717) is 0 Å². The van der Waals surface area contributed by atoms with Crippen LogP contribution in [0.25, 0.3) is 0 Å². The van der Waals surface area contributed by atoms with Gasteiger partial charge in [-0.15, -0.1) is 0 Å². The largest absolute Gasteiger partial charge is 0.523 e. The molecule has 0 aliphatic heterocycles. The van der Waals surface area contributed by atoms with Crippen LogP contribution < -0.4 is 0 Å². The van der Waals surface area contributed by atoms with E-state index < -0.39 is 18.2 Å². The van der Waals surface area contributed by atoms with E-state index in [4.69, 9.17) is 0 Å². The van der Waals surface area contributed by atoms with Gasteiger partial charge in [-0.1, -0.05) is 0 Å². The first kappa shape index (κ1) is 8.61. The molecule has 10 heavy (non-hydrogen) atoms. The van der Waals surface area contributed by atoms with Crippen molar-refractivity contribution in [2.45, 2.75) is 0 Å². The summed E-state index contributed by atoms with van der Waals surface area (Å²) < 4.78 is 30.1. The minimum absolute atomic E-state index is 1.37. The number of ether oxygens (including phenoxy) is 2. The Morgan fingerprint density at radius 1 is 1.10 bits per heavy atom. The monoisotopic (exact) mass is 150 g/mol. The van der Waals surface area contributed by atoms with Crippen LogP contribution in [-0.2, 0) is 9.47 Å². The molecule has 0 aliphatic rings. The first-order chi connectivity index (χ1) is 4.52. The average molecular weight is 150 g/mol. The standard InChI is InChI=1S/C5H4F2O3/c1-3(6)9-5(8)10-4(2)7/h1-2H2. The summed E-state index contributed by atoms with van der Waals surface area (Å²) in [4.78, 5) is 10.0. The molecule has 0 saturated carbocycles. The van der Waals surface area contributed by atoms with Crippen molar-refractivity contribution >= 4 is 6.16 Å². The third-order valence-electron chi connectivity index (χ3n) is 0.388. The second-order valence-electron chi connectivity index (χ2n) is 1.16. The van der Waals surface area contributed by atoms with Gasteiger partial charge in [-0.25, -0.2) is 4.79 Å². The van der Waals surface area contributed by atoms with E-state index in [9.17, 15) is 13.6 Å². The van der Waals surface area contributed by atoms with Crippen LogP contribution >= 0.6 is 0 Å². The zero-order valence-corrected chi connectivity index (χ0v) is 4.89. The molecule has 0 bridgehead atoms. The van der Waals surface area contributed by atoms with Crippen LogP contribution in [0.5, 0.6) is 0 Å². The quantitative estimate of drug-likeness (QED) is 0.446. The topological polar surface area (TPSA) is 35.5 Å². The molecule has 0 rings (SSSR count). The highest BCUT2D eigenvalue weighted by molar-refractivity contribution is 5.61. The molecule has 0 fully saturated rings. The Bertz CT molecular complexity index is 158. The summed E-state index contributed by atoms with van der Waals surface area (Å²) in [5.41, 5.74) is 0. The summed E-state index contributed by atoms with van der Waals surface area (Å²) in [7, 11) is 0. The van der Waals surface area contributed by atoms with Gasteiger partial charge >= 0.3 is 6.16 Å². The van der Waals surface area contributed by atoms with Gasteiger partial charge in [0.05, 0.1) is 0 Å². The molecule has 0 aromatic rings. The SMILES string of the molecule is C=C(F)OC(=O)OC(=C)F. The predicted molar refractivity (Wildman–Crippen MR) is 28.1 cm³/mol. The van der Waals surface area contributed by atoms with E-state index in [2.05, 4.69) is 22.6 Å². The summed E-state index contributed by atoms with van der Waals surface area (Å²) >= 11 is 0. The Labute approximate surface area is 55.5 Å². The van der Waals surface area contributed by atoms with Crippen LogP contribution in [0.4, 0.5) is 13.6 Å². The van der Waals surface area contributed by atoms with Gasteiger partial charge in [0.25, 0.3) is 12.0 Å². The second-order valence-corrected chi connectivity index (χ2v) is 1.16. The Balaban J connectivity index is 3.65.